The van der Waals surface area contributed by atoms with Crippen molar-refractivity contribution in [3.63, 3.8) is 0 Å². The second-order valence-corrected chi connectivity index (χ2v) is 8.07. The zero-order chi connectivity index (χ0) is 10.6. The molecule has 0 atom stereocenters. The van der Waals surface area contributed by atoms with Crippen molar-refractivity contribution in [2.24, 2.45) is 11.8 Å². The van der Waals surface area contributed by atoms with E-state index >= 15 is 0 Å². The van der Waals surface area contributed by atoms with Crippen molar-refractivity contribution < 1.29 is 4.57 Å². The average Bonchev–Trinajstić information content (AvgIpc) is 1.82. The predicted octanol–water partition coefficient (Wildman–Crippen LogP) is 3.14. The van der Waals surface area contributed by atoms with Gasteiger partial charge in [0.25, 0.3) is 0 Å². The van der Waals surface area contributed by atoms with E-state index in [2.05, 4.69) is 27.7 Å². The Morgan fingerprint density at radius 2 is 1.31 bits per heavy atom. The van der Waals surface area contributed by atoms with Crippen LogP contribution >= 0.6 is 7.29 Å². The van der Waals surface area contributed by atoms with E-state index in [9.17, 15) is 4.57 Å². The zero-order valence-corrected chi connectivity index (χ0v) is 10.8. The standard InChI is InChI=1S/C10H24NOP/c1-9(2)7-13(12,11(5)6)8-10(3)4/h9-10H,7-8H2,1-6H3. The van der Waals surface area contributed by atoms with E-state index < -0.39 is 7.29 Å². The highest BCUT2D eigenvalue weighted by atomic mass is 31.2. The van der Waals surface area contributed by atoms with Crippen molar-refractivity contribution in [3.05, 3.63) is 0 Å². The number of nitrogens with zero attached hydrogens (tertiary/aromatic N) is 1. The monoisotopic (exact) mass is 205 g/mol. The molecule has 0 aliphatic carbocycles. The van der Waals surface area contributed by atoms with Crippen LogP contribution in [0.5, 0.6) is 0 Å². The van der Waals surface area contributed by atoms with Gasteiger partial charge in [-0.15, -0.1) is 0 Å². The van der Waals surface area contributed by atoms with Crippen LogP contribution in [0.2, 0.25) is 0 Å². The average molecular weight is 205 g/mol. The van der Waals surface area contributed by atoms with Crippen LogP contribution in [-0.4, -0.2) is 31.1 Å². The third kappa shape index (κ3) is 4.83. The van der Waals surface area contributed by atoms with Crippen LogP contribution in [0, 0.1) is 11.8 Å². The lowest BCUT2D eigenvalue weighted by atomic mass is 10.3. The van der Waals surface area contributed by atoms with Crippen LogP contribution in [0.25, 0.3) is 0 Å². The summed E-state index contributed by atoms with van der Waals surface area (Å²) in [4.78, 5) is 0. The maximum atomic E-state index is 12.5. The molecule has 0 aromatic rings. The van der Waals surface area contributed by atoms with E-state index in [1.165, 1.54) is 0 Å². The fourth-order valence-electron chi connectivity index (χ4n) is 1.54. The molecule has 13 heavy (non-hydrogen) atoms. The molecule has 0 unspecified atom stereocenters. The molecule has 3 heteroatoms. The lowest BCUT2D eigenvalue weighted by Gasteiger charge is -2.28. The van der Waals surface area contributed by atoms with Gasteiger partial charge in [-0.05, 0) is 25.9 Å². The van der Waals surface area contributed by atoms with Gasteiger partial charge in [-0.2, -0.15) is 0 Å². The molecule has 2 nitrogen and oxygen atoms in total. The molecule has 0 saturated heterocycles. The number of hydrogen-bond donors (Lipinski definition) is 0. The summed E-state index contributed by atoms with van der Waals surface area (Å²) < 4.78 is 14.4. The molecule has 0 heterocycles. The first-order valence-corrected chi connectivity index (χ1v) is 7.07. The zero-order valence-electron chi connectivity index (χ0n) is 9.87. The summed E-state index contributed by atoms with van der Waals surface area (Å²) in [5.74, 6) is 1.04. The minimum absolute atomic E-state index is 0.520. The Bertz CT molecular complexity index is 173. The molecule has 0 rings (SSSR count). The summed E-state index contributed by atoms with van der Waals surface area (Å²) in [5, 5.41) is 0. The van der Waals surface area contributed by atoms with Crippen molar-refractivity contribution in [3.8, 4) is 0 Å². The van der Waals surface area contributed by atoms with Gasteiger partial charge in [0, 0.05) is 12.3 Å². The Kier molecular flexibility index (Phi) is 5.24. The van der Waals surface area contributed by atoms with Crippen molar-refractivity contribution in [2.45, 2.75) is 27.7 Å². The molecule has 0 spiro atoms. The van der Waals surface area contributed by atoms with Gasteiger partial charge in [0.05, 0.1) is 0 Å². The van der Waals surface area contributed by atoms with Crippen molar-refractivity contribution >= 4 is 7.29 Å². The van der Waals surface area contributed by atoms with Crippen LogP contribution in [0.4, 0.5) is 0 Å². The van der Waals surface area contributed by atoms with Gasteiger partial charge >= 0.3 is 0 Å². The highest BCUT2D eigenvalue weighted by Crippen LogP contribution is 2.50. The SMILES string of the molecule is CC(C)CP(=O)(CC(C)C)N(C)C. The van der Waals surface area contributed by atoms with Gasteiger partial charge < -0.3 is 4.57 Å². The third-order valence-electron chi connectivity index (χ3n) is 2.03. The molecule has 0 fully saturated rings. The summed E-state index contributed by atoms with van der Waals surface area (Å²) in [6.45, 7) is 8.54. The molecular weight excluding hydrogens is 181 g/mol. The molecule has 0 aliphatic rings. The van der Waals surface area contributed by atoms with Gasteiger partial charge in [-0.1, -0.05) is 27.7 Å². The van der Waals surface area contributed by atoms with E-state index in [0.717, 1.165) is 12.3 Å². The maximum Gasteiger partial charge on any atom is 0.150 e. The van der Waals surface area contributed by atoms with Gasteiger partial charge in [0.15, 0.2) is 0 Å². The highest BCUT2D eigenvalue weighted by molar-refractivity contribution is 7.61. The van der Waals surface area contributed by atoms with E-state index in [-0.39, 0.29) is 0 Å². The predicted molar refractivity (Wildman–Crippen MR) is 60.7 cm³/mol. The van der Waals surface area contributed by atoms with Crippen LogP contribution < -0.4 is 0 Å². The summed E-state index contributed by atoms with van der Waals surface area (Å²) in [6, 6.07) is 0. The van der Waals surface area contributed by atoms with E-state index in [4.69, 9.17) is 0 Å². The minimum atomic E-state index is -2.07. The maximum absolute atomic E-state index is 12.5. The van der Waals surface area contributed by atoms with Crippen LogP contribution in [0.15, 0.2) is 0 Å². The van der Waals surface area contributed by atoms with Crippen LogP contribution in [-0.2, 0) is 4.57 Å². The van der Waals surface area contributed by atoms with Crippen molar-refractivity contribution in [1.29, 1.82) is 0 Å². The Labute approximate surface area is 83.1 Å². The fourth-order valence-corrected chi connectivity index (χ4v) is 4.63. The first-order valence-electron chi connectivity index (χ1n) is 5.04. The quantitative estimate of drug-likeness (QED) is 0.643. The molecule has 0 saturated carbocycles. The number of rotatable bonds is 5. The Hall–Kier alpha value is 0.190. The Balaban J connectivity index is 4.45. The Morgan fingerprint density at radius 3 is 1.46 bits per heavy atom. The smallest absolute Gasteiger partial charge is 0.150 e. The fraction of sp³-hybridized carbons (Fsp3) is 1.00. The molecule has 80 valence electrons. The normalized spacial score (nSPS) is 13.3. The summed E-state index contributed by atoms with van der Waals surface area (Å²) >= 11 is 0. The van der Waals surface area contributed by atoms with Crippen molar-refractivity contribution in [1.82, 2.24) is 4.67 Å². The van der Waals surface area contributed by atoms with Crippen LogP contribution in [0.3, 0.4) is 0 Å². The lowest BCUT2D eigenvalue weighted by molar-refractivity contribution is 0.494. The molecule has 0 bridgehead atoms. The molecular formula is C10H24NOP. The van der Waals surface area contributed by atoms with Gasteiger partial charge in [-0.3, -0.25) is 4.67 Å². The first-order chi connectivity index (χ1) is 5.78. The van der Waals surface area contributed by atoms with E-state index in [1.54, 1.807) is 0 Å². The topological polar surface area (TPSA) is 20.3 Å². The second-order valence-electron chi connectivity index (χ2n) is 4.85. The van der Waals surface area contributed by atoms with Gasteiger partial charge in [0.1, 0.15) is 7.29 Å². The second kappa shape index (κ2) is 5.17. The summed E-state index contributed by atoms with van der Waals surface area (Å²) in [6.07, 6.45) is 1.69. The third-order valence-corrected chi connectivity index (χ3v) is 6.09. The van der Waals surface area contributed by atoms with Gasteiger partial charge in [-0.25, -0.2) is 0 Å². The molecule has 0 N–H and O–H groups in total. The van der Waals surface area contributed by atoms with Gasteiger partial charge in [0.2, 0.25) is 0 Å². The molecule has 0 aliphatic heterocycles. The molecule has 0 radical (unpaired) electrons. The van der Waals surface area contributed by atoms with Crippen molar-refractivity contribution in [2.75, 3.05) is 26.4 Å². The van der Waals surface area contributed by atoms with E-state index in [0.29, 0.717) is 11.8 Å². The molecule has 0 amide bonds. The first kappa shape index (κ1) is 13.2. The highest BCUT2D eigenvalue weighted by Gasteiger charge is 2.26. The largest absolute Gasteiger partial charge is 0.307 e. The summed E-state index contributed by atoms with van der Waals surface area (Å²) in [7, 11) is 1.80. The lowest BCUT2D eigenvalue weighted by Crippen LogP contribution is -2.18. The molecule has 0 aromatic carbocycles. The van der Waals surface area contributed by atoms with Crippen LogP contribution in [0.1, 0.15) is 27.7 Å². The summed E-state index contributed by atoms with van der Waals surface area (Å²) in [5.41, 5.74) is 0. The Morgan fingerprint density at radius 1 is 1.00 bits per heavy atom. The molecule has 0 aromatic heterocycles. The number of hydrogen-bond acceptors (Lipinski definition) is 1. The van der Waals surface area contributed by atoms with E-state index in [1.807, 2.05) is 18.8 Å². The minimum Gasteiger partial charge on any atom is -0.307 e.